The molecule has 0 aromatic heterocycles. The van der Waals surface area contributed by atoms with Gasteiger partial charge in [0, 0.05) is 5.56 Å². The van der Waals surface area contributed by atoms with Gasteiger partial charge in [-0.2, -0.15) is 13.2 Å². The molecule has 4 nitrogen and oxygen atoms in total. The van der Waals surface area contributed by atoms with Crippen LogP contribution in [0.2, 0.25) is 0 Å². The van der Waals surface area contributed by atoms with E-state index in [-0.39, 0.29) is 0 Å². The van der Waals surface area contributed by atoms with Gasteiger partial charge in [-0.3, -0.25) is 9.59 Å². The molecular weight excluding hydrogens is 289 g/mol. The quantitative estimate of drug-likeness (QED) is 0.837. The van der Waals surface area contributed by atoms with Gasteiger partial charge in [0.2, 0.25) is 0 Å². The zero-order valence-electron chi connectivity index (χ0n) is 9.67. The fraction of sp³-hybridized carbons (Fsp3) is 0.273. The van der Waals surface area contributed by atoms with Crippen molar-refractivity contribution in [3.8, 4) is 0 Å². The van der Waals surface area contributed by atoms with E-state index in [1.807, 2.05) is 0 Å². The number of halogens is 5. The van der Waals surface area contributed by atoms with E-state index in [2.05, 4.69) is 0 Å². The summed E-state index contributed by atoms with van der Waals surface area (Å²) in [7, 11) is 0. The predicted molar refractivity (Wildman–Crippen MR) is 55.5 cm³/mol. The molecule has 1 atom stereocenters. The van der Waals surface area contributed by atoms with E-state index in [0.29, 0.717) is 0 Å². The van der Waals surface area contributed by atoms with Gasteiger partial charge in [0.05, 0.1) is 12.5 Å². The Morgan fingerprint density at radius 2 is 1.70 bits per heavy atom. The summed E-state index contributed by atoms with van der Waals surface area (Å²) in [5.74, 6) is -6.61. The summed E-state index contributed by atoms with van der Waals surface area (Å²) < 4.78 is 63.2. The normalized spacial score (nSPS) is 12.8. The number of carbonyl (C=O) groups is 2. The van der Waals surface area contributed by atoms with Gasteiger partial charge in [0.1, 0.15) is 11.6 Å². The number of benzene rings is 1. The molecule has 0 aliphatic heterocycles. The van der Waals surface area contributed by atoms with Gasteiger partial charge in [-0.25, -0.2) is 8.78 Å². The van der Waals surface area contributed by atoms with Crippen molar-refractivity contribution in [2.45, 2.75) is 18.6 Å². The van der Waals surface area contributed by atoms with Gasteiger partial charge < -0.3 is 10.4 Å². The molecule has 0 radical (unpaired) electrons. The molecule has 1 unspecified atom stereocenters. The standard InChI is InChI=1S/C11H8F5NO3/c12-5-2-1-3-6(13)9(5)7(4-8(18)19)17-10(20)11(14,15)16/h1-3,7H,4H2,(H,17,20)(H,18,19). The second-order valence-electron chi connectivity index (χ2n) is 3.76. The monoisotopic (exact) mass is 297 g/mol. The van der Waals surface area contributed by atoms with E-state index in [4.69, 9.17) is 5.11 Å². The summed E-state index contributed by atoms with van der Waals surface area (Å²) in [4.78, 5) is 21.3. The van der Waals surface area contributed by atoms with Crippen LogP contribution in [0, 0.1) is 11.6 Å². The molecule has 0 spiro atoms. The van der Waals surface area contributed by atoms with E-state index in [9.17, 15) is 31.5 Å². The molecule has 2 N–H and O–H groups in total. The molecular formula is C11H8F5NO3. The van der Waals surface area contributed by atoms with Crippen molar-refractivity contribution >= 4 is 11.9 Å². The molecule has 20 heavy (non-hydrogen) atoms. The van der Waals surface area contributed by atoms with E-state index in [0.717, 1.165) is 18.2 Å². The fourth-order valence-corrected chi connectivity index (χ4v) is 1.48. The van der Waals surface area contributed by atoms with E-state index >= 15 is 0 Å². The van der Waals surface area contributed by atoms with E-state index in [1.165, 1.54) is 5.32 Å². The lowest BCUT2D eigenvalue weighted by Crippen LogP contribution is -2.40. The smallest absolute Gasteiger partial charge is 0.471 e. The minimum Gasteiger partial charge on any atom is -0.481 e. The summed E-state index contributed by atoms with van der Waals surface area (Å²) in [5, 5.41) is 9.83. The SMILES string of the molecule is O=C(O)CC(NC(=O)C(F)(F)F)c1c(F)cccc1F. The Morgan fingerprint density at radius 3 is 2.10 bits per heavy atom. The maximum Gasteiger partial charge on any atom is 0.471 e. The number of carbonyl (C=O) groups excluding carboxylic acids is 1. The Balaban J connectivity index is 3.13. The second-order valence-corrected chi connectivity index (χ2v) is 3.76. The molecule has 0 saturated heterocycles. The first-order valence-corrected chi connectivity index (χ1v) is 5.16. The first-order chi connectivity index (χ1) is 9.12. The number of hydrogen-bond acceptors (Lipinski definition) is 2. The first-order valence-electron chi connectivity index (χ1n) is 5.16. The van der Waals surface area contributed by atoms with Gasteiger partial charge in [-0.1, -0.05) is 6.07 Å². The van der Waals surface area contributed by atoms with Gasteiger partial charge in [0.25, 0.3) is 0 Å². The van der Waals surface area contributed by atoms with E-state index in [1.54, 1.807) is 0 Å². The van der Waals surface area contributed by atoms with Crippen molar-refractivity contribution in [2.75, 3.05) is 0 Å². The minimum atomic E-state index is -5.29. The van der Waals surface area contributed by atoms with Crippen molar-refractivity contribution < 1.29 is 36.6 Å². The number of carboxylic acids is 1. The van der Waals surface area contributed by atoms with Crippen molar-refractivity contribution in [2.24, 2.45) is 0 Å². The molecule has 0 fully saturated rings. The van der Waals surface area contributed by atoms with Crippen LogP contribution >= 0.6 is 0 Å². The molecule has 0 saturated carbocycles. The molecule has 0 bridgehead atoms. The Kier molecular flexibility index (Phi) is 4.64. The Morgan fingerprint density at radius 1 is 1.20 bits per heavy atom. The number of carboxylic acid groups (broad SMARTS) is 1. The fourth-order valence-electron chi connectivity index (χ4n) is 1.48. The van der Waals surface area contributed by atoms with Crippen LogP contribution in [0.1, 0.15) is 18.0 Å². The number of hydrogen-bond donors (Lipinski definition) is 2. The molecule has 1 amide bonds. The summed E-state index contributed by atoms with van der Waals surface area (Å²) in [5.41, 5.74) is -0.937. The molecule has 1 aromatic carbocycles. The zero-order chi connectivity index (χ0) is 15.5. The van der Waals surface area contributed by atoms with E-state index < -0.39 is 47.7 Å². The van der Waals surface area contributed by atoms with Crippen LogP contribution in [0.4, 0.5) is 22.0 Å². The van der Waals surface area contributed by atoms with Crippen molar-refractivity contribution in [1.29, 1.82) is 0 Å². The van der Waals surface area contributed by atoms with Crippen LogP contribution in [-0.2, 0) is 9.59 Å². The largest absolute Gasteiger partial charge is 0.481 e. The third kappa shape index (κ3) is 3.90. The van der Waals surface area contributed by atoms with Crippen LogP contribution in [0.25, 0.3) is 0 Å². The maximum absolute atomic E-state index is 13.4. The van der Waals surface area contributed by atoms with Gasteiger partial charge in [-0.05, 0) is 12.1 Å². The summed E-state index contributed by atoms with van der Waals surface area (Å²) in [6.07, 6.45) is -6.39. The third-order valence-electron chi connectivity index (χ3n) is 2.29. The Bertz CT molecular complexity index is 509. The Hall–Kier alpha value is -2.19. The van der Waals surface area contributed by atoms with Gasteiger partial charge in [0.15, 0.2) is 0 Å². The number of aliphatic carboxylic acids is 1. The summed E-state index contributed by atoms with van der Waals surface area (Å²) in [6, 6.07) is 0.472. The average molecular weight is 297 g/mol. The molecule has 110 valence electrons. The average Bonchev–Trinajstić information content (AvgIpc) is 2.26. The maximum atomic E-state index is 13.4. The van der Waals surface area contributed by atoms with Crippen LogP contribution in [0.15, 0.2) is 18.2 Å². The second kappa shape index (κ2) is 5.85. The lowest BCUT2D eigenvalue weighted by molar-refractivity contribution is -0.174. The predicted octanol–water partition coefficient (Wildman–Crippen LogP) is 2.16. The highest BCUT2D eigenvalue weighted by atomic mass is 19.4. The van der Waals surface area contributed by atoms with Crippen molar-refractivity contribution in [3.05, 3.63) is 35.4 Å². The summed E-state index contributed by atoms with van der Waals surface area (Å²) >= 11 is 0. The van der Waals surface area contributed by atoms with Crippen LogP contribution in [0.3, 0.4) is 0 Å². The molecule has 9 heteroatoms. The highest BCUT2D eigenvalue weighted by Crippen LogP contribution is 2.25. The number of amides is 1. The van der Waals surface area contributed by atoms with Crippen LogP contribution in [0.5, 0.6) is 0 Å². The third-order valence-corrected chi connectivity index (χ3v) is 2.29. The number of alkyl halides is 3. The number of rotatable bonds is 4. The lowest BCUT2D eigenvalue weighted by Gasteiger charge is -2.19. The van der Waals surface area contributed by atoms with Crippen molar-refractivity contribution in [3.63, 3.8) is 0 Å². The zero-order valence-corrected chi connectivity index (χ0v) is 9.67. The molecule has 1 rings (SSSR count). The topological polar surface area (TPSA) is 66.4 Å². The van der Waals surface area contributed by atoms with Gasteiger partial charge in [-0.15, -0.1) is 0 Å². The first kappa shape index (κ1) is 15.9. The highest BCUT2D eigenvalue weighted by Gasteiger charge is 2.40. The summed E-state index contributed by atoms with van der Waals surface area (Å²) in [6.45, 7) is 0. The highest BCUT2D eigenvalue weighted by molar-refractivity contribution is 5.82. The van der Waals surface area contributed by atoms with Crippen LogP contribution in [-0.4, -0.2) is 23.2 Å². The molecule has 0 heterocycles. The molecule has 0 aliphatic rings. The molecule has 0 aliphatic carbocycles. The molecule has 1 aromatic rings. The van der Waals surface area contributed by atoms with Gasteiger partial charge >= 0.3 is 18.1 Å². The lowest BCUT2D eigenvalue weighted by atomic mass is 10.0. The number of nitrogens with one attached hydrogen (secondary N) is 1. The minimum absolute atomic E-state index is 0.743. The van der Waals surface area contributed by atoms with Crippen molar-refractivity contribution in [1.82, 2.24) is 5.32 Å². The van der Waals surface area contributed by atoms with Crippen LogP contribution < -0.4 is 5.32 Å². The Labute approximate surface area is 109 Å².